The van der Waals surface area contributed by atoms with Crippen LogP contribution in [0.5, 0.6) is 0 Å². The van der Waals surface area contributed by atoms with Crippen LogP contribution in [0.3, 0.4) is 0 Å². The highest BCUT2D eigenvalue weighted by Gasteiger charge is 2.30. The van der Waals surface area contributed by atoms with Crippen LogP contribution in [0.25, 0.3) is 0 Å². The lowest BCUT2D eigenvalue weighted by Gasteiger charge is -2.37. The fourth-order valence-corrected chi connectivity index (χ4v) is 2.32. The summed E-state index contributed by atoms with van der Waals surface area (Å²) in [5, 5.41) is 9.30. The van der Waals surface area contributed by atoms with Gasteiger partial charge in [-0.2, -0.15) is 0 Å². The molecule has 1 saturated carbocycles. The van der Waals surface area contributed by atoms with Crippen molar-refractivity contribution in [1.29, 1.82) is 0 Å². The Morgan fingerprint density at radius 1 is 1.27 bits per heavy atom. The topological polar surface area (TPSA) is 29.5 Å². The lowest BCUT2D eigenvalue weighted by atomic mass is 9.72. The van der Waals surface area contributed by atoms with Crippen molar-refractivity contribution in [3.05, 3.63) is 12.7 Å². The van der Waals surface area contributed by atoms with Gasteiger partial charge in [-0.25, -0.2) is 0 Å². The Morgan fingerprint density at radius 3 is 2.20 bits per heavy atom. The molecule has 1 N–H and O–H groups in total. The maximum atomic E-state index is 9.30. The van der Waals surface area contributed by atoms with E-state index < -0.39 is 6.29 Å². The first-order valence-electron chi connectivity index (χ1n) is 5.89. The molecule has 0 aromatic heterocycles. The van der Waals surface area contributed by atoms with Gasteiger partial charge in [-0.3, -0.25) is 0 Å². The lowest BCUT2D eigenvalue weighted by Crippen LogP contribution is -2.30. The minimum Gasteiger partial charge on any atom is -0.365 e. The van der Waals surface area contributed by atoms with E-state index in [1.165, 1.54) is 18.9 Å². The summed E-state index contributed by atoms with van der Waals surface area (Å²) in [4.78, 5) is 0. The summed E-state index contributed by atoms with van der Waals surface area (Å²) < 4.78 is 5.44. The lowest BCUT2D eigenvalue weighted by molar-refractivity contribution is -0.120. The standard InChI is InChI=1S/C13H24O2/c1-5-12(14)15-11-8-6-10(7-9-11)13(2,3)4/h5,10-12,14H,1,6-9H2,2-4H3. The van der Waals surface area contributed by atoms with Gasteiger partial charge in [-0.05, 0) is 43.1 Å². The predicted molar refractivity (Wildman–Crippen MR) is 62.5 cm³/mol. The maximum absolute atomic E-state index is 9.30. The predicted octanol–water partition coefficient (Wildman–Crippen LogP) is 3.11. The number of hydrogen-bond donors (Lipinski definition) is 1. The molecular formula is C13H24O2. The van der Waals surface area contributed by atoms with Crippen molar-refractivity contribution in [1.82, 2.24) is 0 Å². The van der Waals surface area contributed by atoms with Crippen LogP contribution in [0, 0.1) is 11.3 Å². The Balaban J connectivity index is 2.33. The molecule has 0 aliphatic heterocycles. The third kappa shape index (κ3) is 3.96. The second-order valence-electron chi connectivity index (χ2n) is 5.60. The molecule has 2 nitrogen and oxygen atoms in total. The molecule has 0 aromatic rings. The average molecular weight is 212 g/mol. The van der Waals surface area contributed by atoms with Crippen molar-refractivity contribution in [3.8, 4) is 0 Å². The molecule has 15 heavy (non-hydrogen) atoms. The number of rotatable bonds is 3. The molecular weight excluding hydrogens is 188 g/mol. The van der Waals surface area contributed by atoms with Gasteiger partial charge in [-0.15, -0.1) is 0 Å². The number of ether oxygens (including phenoxy) is 1. The first kappa shape index (κ1) is 12.7. The summed E-state index contributed by atoms with van der Waals surface area (Å²) in [7, 11) is 0. The van der Waals surface area contributed by atoms with Crippen LogP contribution in [-0.4, -0.2) is 17.5 Å². The van der Waals surface area contributed by atoms with Gasteiger partial charge in [0.25, 0.3) is 0 Å². The van der Waals surface area contributed by atoms with Gasteiger partial charge in [0.15, 0.2) is 6.29 Å². The minimum atomic E-state index is -0.791. The van der Waals surface area contributed by atoms with Gasteiger partial charge in [0.1, 0.15) is 0 Å². The van der Waals surface area contributed by atoms with E-state index in [4.69, 9.17) is 4.74 Å². The Morgan fingerprint density at radius 2 is 1.80 bits per heavy atom. The third-order valence-corrected chi connectivity index (χ3v) is 3.43. The van der Waals surface area contributed by atoms with Crippen LogP contribution in [0.15, 0.2) is 12.7 Å². The second kappa shape index (κ2) is 5.13. The zero-order chi connectivity index (χ0) is 11.5. The van der Waals surface area contributed by atoms with Crippen molar-refractivity contribution in [2.24, 2.45) is 11.3 Å². The molecule has 0 spiro atoms. The molecule has 0 aromatic carbocycles. The Labute approximate surface area is 93.3 Å². The highest BCUT2D eigenvalue weighted by atomic mass is 16.6. The van der Waals surface area contributed by atoms with Crippen molar-refractivity contribution in [2.75, 3.05) is 0 Å². The molecule has 1 aliphatic carbocycles. The fourth-order valence-electron chi connectivity index (χ4n) is 2.32. The van der Waals surface area contributed by atoms with E-state index in [0.29, 0.717) is 5.41 Å². The van der Waals surface area contributed by atoms with Crippen LogP contribution in [-0.2, 0) is 4.74 Å². The van der Waals surface area contributed by atoms with Crippen molar-refractivity contribution < 1.29 is 9.84 Å². The molecule has 0 bridgehead atoms. The normalized spacial score (nSPS) is 29.9. The Hall–Kier alpha value is -0.340. The highest BCUT2D eigenvalue weighted by Crippen LogP contribution is 2.38. The molecule has 0 heterocycles. The summed E-state index contributed by atoms with van der Waals surface area (Å²) in [6.45, 7) is 10.4. The Kier molecular flexibility index (Phi) is 4.35. The van der Waals surface area contributed by atoms with Crippen LogP contribution in [0.4, 0.5) is 0 Å². The van der Waals surface area contributed by atoms with Crippen LogP contribution >= 0.6 is 0 Å². The SMILES string of the molecule is C=CC(O)OC1CCC(C(C)(C)C)CC1. The van der Waals surface area contributed by atoms with E-state index in [2.05, 4.69) is 27.4 Å². The average Bonchev–Trinajstić information content (AvgIpc) is 2.17. The van der Waals surface area contributed by atoms with Gasteiger partial charge in [0, 0.05) is 0 Å². The third-order valence-electron chi connectivity index (χ3n) is 3.43. The molecule has 0 saturated heterocycles. The zero-order valence-corrected chi connectivity index (χ0v) is 10.2. The van der Waals surface area contributed by atoms with Gasteiger partial charge in [0.2, 0.25) is 0 Å². The van der Waals surface area contributed by atoms with Crippen molar-refractivity contribution >= 4 is 0 Å². The zero-order valence-electron chi connectivity index (χ0n) is 10.2. The molecule has 0 radical (unpaired) electrons. The molecule has 1 unspecified atom stereocenters. The summed E-state index contributed by atoms with van der Waals surface area (Å²) in [6.07, 6.45) is 5.41. The van der Waals surface area contributed by atoms with Gasteiger partial charge < -0.3 is 9.84 Å². The fraction of sp³-hybridized carbons (Fsp3) is 0.846. The largest absolute Gasteiger partial charge is 0.365 e. The smallest absolute Gasteiger partial charge is 0.174 e. The summed E-state index contributed by atoms with van der Waals surface area (Å²) in [5.41, 5.74) is 0.405. The van der Waals surface area contributed by atoms with E-state index in [9.17, 15) is 5.11 Å². The first-order chi connectivity index (χ1) is 6.93. The maximum Gasteiger partial charge on any atom is 0.174 e. The molecule has 1 rings (SSSR count). The molecule has 88 valence electrons. The van der Waals surface area contributed by atoms with E-state index in [1.54, 1.807) is 0 Å². The molecule has 1 aliphatic rings. The van der Waals surface area contributed by atoms with Crippen LogP contribution in [0.1, 0.15) is 46.5 Å². The molecule has 0 amide bonds. The molecule has 1 atom stereocenters. The minimum absolute atomic E-state index is 0.219. The molecule has 1 fully saturated rings. The van der Waals surface area contributed by atoms with Crippen molar-refractivity contribution in [3.63, 3.8) is 0 Å². The van der Waals surface area contributed by atoms with E-state index in [0.717, 1.165) is 18.8 Å². The van der Waals surface area contributed by atoms with Crippen LogP contribution in [0.2, 0.25) is 0 Å². The number of aliphatic hydroxyl groups is 1. The summed E-state index contributed by atoms with van der Waals surface area (Å²) >= 11 is 0. The van der Waals surface area contributed by atoms with E-state index in [1.807, 2.05) is 0 Å². The van der Waals surface area contributed by atoms with Gasteiger partial charge in [-0.1, -0.05) is 27.4 Å². The van der Waals surface area contributed by atoms with Gasteiger partial charge >= 0.3 is 0 Å². The number of aliphatic hydroxyl groups excluding tert-OH is 1. The van der Waals surface area contributed by atoms with Gasteiger partial charge in [0.05, 0.1) is 6.10 Å². The summed E-state index contributed by atoms with van der Waals surface area (Å²) in [6, 6.07) is 0. The second-order valence-corrected chi connectivity index (χ2v) is 5.60. The molecule has 2 heteroatoms. The first-order valence-corrected chi connectivity index (χ1v) is 5.89. The Bertz CT molecular complexity index is 197. The van der Waals surface area contributed by atoms with Crippen LogP contribution < -0.4 is 0 Å². The quantitative estimate of drug-likeness (QED) is 0.575. The monoisotopic (exact) mass is 212 g/mol. The highest BCUT2D eigenvalue weighted by molar-refractivity contribution is 4.82. The number of hydrogen-bond acceptors (Lipinski definition) is 2. The van der Waals surface area contributed by atoms with E-state index in [-0.39, 0.29) is 6.10 Å². The van der Waals surface area contributed by atoms with E-state index >= 15 is 0 Å². The summed E-state index contributed by atoms with van der Waals surface area (Å²) in [5.74, 6) is 0.790. The van der Waals surface area contributed by atoms with Crippen molar-refractivity contribution in [2.45, 2.75) is 58.8 Å².